The van der Waals surface area contributed by atoms with Gasteiger partial charge in [-0.25, -0.2) is 9.97 Å². The van der Waals surface area contributed by atoms with E-state index >= 15 is 0 Å². The van der Waals surface area contributed by atoms with Gasteiger partial charge in [-0.15, -0.1) is 0 Å². The zero-order valence-corrected chi connectivity index (χ0v) is 14.3. The number of nitrogens with one attached hydrogen (secondary N) is 1. The van der Waals surface area contributed by atoms with E-state index in [4.69, 9.17) is 9.52 Å². The summed E-state index contributed by atoms with van der Waals surface area (Å²) in [5.41, 5.74) is 3.43. The topological polar surface area (TPSA) is 91.5 Å². The van der Waals surface area contributed by atoms with Gasteiger partial charge >= 0.3 is 0 Å². The molecule has 26 heavy (non-hydrogen) atoms. The zero-order valence-electron chi connectivity index (χ0n) is 14.3. The number of aromatic nitrogens is 2. The summed E-state index contributed by atoms with van der Waals surface area (Å²) in [4.78, 5) is 23.5. The fraction of sp³-hybridized carbons (Fsp3) is 0.316. The number of amides is 1. The Morgan fingerprint density at radius 2 is 2.12 bits per heavy atom. The number of rotatable bonds is 4. The molecule has 2 aromatic heterocycles. The Balaban J connectivity index is 1.54. The van der Waals surface area contributed by atoms with Gasteiger partial charge in [-0.05, 0) is 30.7 Å². The van der Waals surface area contributed by atoms with Gasteiger partial charge in [0.1, 0.15) is 17.7 Å². The van der Waals surface area contributed by atoms with Crippen molar-refractivity contribution in [3.05, 3.63) is 53.7 Å². The molecule has 0 saturated heterocycles. The molecule has 7 heteroatoms. The maximum Gasteiger partial charge on any atom is 0.253 e. The molecular weight excluding hydrogens is 332 g/mol. The van der Waals surface area contributed by atoms with Crippen LogP contribution in [-0.4, -0.2) is 52.1 Å². The lowest BCUT2D eigenvalue weighted by Gasteiger charge is -2.20. The quantitative estimate of drug-likeness (QED) is 0.745. The Labute approximate surface area is 150 Å². The van der Waals surface area contributed by atoms with Crippen LogP contribution < -0.4 is 5.32 Å². The van der Waals surface area contributed by atoms with Crippen LogP contribution in [0.5, 0.6) is 0 Å². The zero-order chi connectivity index (χ0) is 17.9. The van der Waals surface area contributed by atoms with E-state index in [2.05, 4.69) is 15.3 Å². The Kier molecular flexibility index (Phi) is 4.53. The maximum absolute atomic E-state index is 12.9. The number of aliphatic hydroxyl groups excluding tert-OH is 1. The van der Waals surface area contributed by atoms with E-state index in [1.807, 2.05) is 23.1 Å². The second-order valence-electron chi connectivity index (χ2n) is 6.26. The summed E-state index contributed by atoms with van der Waals surface area (Å²) < 4.78 is 5.34. The minimum atomic E-state index is 0.0127. The molecule has 0 aliphatic carbocycles. The molecule has 0 fully saturated rings. The van der Waals surface area contributed by atoms with Gasteiger partial charge in [-0.1, -0.05) is 0 Å². The first-order valence-electron chi connectivity index (χ1n) is 8.70. The highest BCUT2D eigenvalue weighted by Gasteiger charge is 2.22. The highest BCUT2D eigenvalue weighted by atomic mass is 16.3. The van der Waals surface area contributed by atoms with Crippen LogP contribution in [0.3, 0.4) is 0 Å². The molecule has 1 aromatic carbocycles. The number of carbonyl (C=O) groups excluding carboxylic acids is 1. The standard InChI is InChI=1S/C19H20N4O3/c24-9-6-20-18-15-3-7-23(8-4-16(15)21-12-22-18)19(25)14-1-2-17-13(11-14)5-10-26-17/h1-2,5,10-12,24H,3-4,6-9H2,(H,20,21,22). The van der Waals surface area contributed by atoms with Crippen molar-refractivity contribution >= 4 is 22.7 Å². The third kappa shape index (κ3) is 3.13. The molecule has 7 nitrogen and oxygen atoms in total. The summed E-state index contributed by atoms with van der Waals surface area (Å²) in [6.07, 6.45) is 4.53. The molecule has 0 atom stereocenters. The lowest BCUT2D eigenvalue weighted by Crippen LogP contribution is -2.33. The fourth-order valence-electron chi connectivity index (χ4n) is 3.34. The van der Waals surface area contributed by atoms with Gasteiger partial charge in [-0.3, -0.25) is 4.79 Å². The summed E-state index contributed by atoms with van der Waals surface area (Å²) in [6, 6.07) is 7.37. The minimum absolute atomic E-state index is 0.0127. The van der Waals surface area contributed by atoms with Crippen LogP contribution in [0.4, 0.5) is 5.82 Å². The van der Waals surface area contributed by atoms with Gasteiger partial charge in [0.2, 0.25) is 0 Å². The maximum atomic E-state index is 12.9. The molecule has 2 N–H and O–H groups in total. The van der Waals surface area contributed by atoms with Gasteiger partial charge in [0, 0.05) is 42.6 Å². The smallest absolute Gasteiger partial charge is 0.253 e. The molecular formula is C19H20N4O3. The molecule has 4 rings (SSSR count). The van der Waals surface area contributed by atoms with Crippen LogP contribution in [0.1, 0.15) is 21.6 Å². The van der Waals surface area contributed by atoms with Gasteiger partial charge in [0.05, 0.1) is 18.6 Å². The van der Waals surface area contributed by atoms with Crippen molar-refractivity contribution in [3.63, 3.8) is 0 Å². The second-order valence-corrected chi connectivity index (χ2v) is 6.26. The van der Waals surface area contributed by atoms with Crippen LogP contribution in [0.2, 0.25) is 0 Å². The van der Waals surface area contributed by atoms with Gasteiger partial charge in [0.15, 0.2) is 0 Å². The second kappa shape index (κ2) is 7.13. The Bertz CT molecular complexity index is 937. The van der Waals surface area contributed by atoms with Crippen LogP contribution in [0.15, 0.2) is 41.3 Å². The van der Waals surface area contributed by atoms with Crippen LogP contribution in [0.25, 0.3) is 11.0 Å². The monoisotopic (exact) mass is 352 g/mol. The minimum Gasteiger partial charge on any atom is -0.464 e. The molecule has 3 heterocycles. The Hall–Kier alpha value is -2.93. The Morgan fingerprint density at radius 3 is 3.00 bits per heavy atom. The van der Waals surface area contributed by atoms with Crippen molar-refractivity contribution < 1.29 is 14.3 Å². The summed E-state index contributed by atoms with van der Waals surface area (Å²) >= 11 is 0. The summed E-state index contributed by atoms with van der Waals surface area (Å²) in [5, 5.41) is 13.1. The number of fused-ring (bicyclic) bond motifs is 2. The number of benzene rings is 1. The number of carbonyl (C=O) groups is 1. The molecule has 3 aromatic rings. The van der Waals surface area contributed by atoms with Gasteiger partial charge in [0.25, 0.3) is 5.91 Å². The molecule has 1 aliphatic heterocycles. The van der Waals surface area contributed by atoms with Crippen molar-refractivity contribution in [2.24, 2.45) is 0 Å². The Morgan fingerprint density at radius 1 is 1.23 bits per heavy atom. The van der Waals surface area contributed by atoms with E-state index < -0.39 is 0 Å². The highest BCUT2D eigenvalue weighted by Crippen LogP contribution is 2.22. The van der Waals surface area contributed by atoms with Crippen molar-refractivity contribution in [1.29, 1.82) is 0 Å². The van der Waals surface area contributed by atoms with E-state index in [1.165, 1.54) is 6.33 Å². The van der Waals surface area contributed by atoms with Gasteiger partial charge in [-0.2, -0.15) is 0 Å². The van der Waals surface area contributed by atoms with Crippen LogP contribution >= 0.6 is 0 Å². The average molecular weight is 352 g/mol. The molecule has 1 aliphatic rings. The number of furan rings is 1. The van der Waals surface area contributed by atoms with E-state index in [0.717, 1.165) is 28.0 Å². The SMILES string of the molecule is O=C(c1ccc2occc2c1)N1CCc2ncnc(NCCO)c2CC1. The van der Waals surface area contributed by atoms with Crippen LogP contribution in [0, 0.1) is 0 Å². The van der Waals surface area contributed by atoms with Crippen LogP contribution in [-0.2, 0) is 12.8 Å². The van der Waals surface area contributed by atoms with Gasteiger partial charge < -0.3 is 19.7 Å². The predicted octanol–water partition coefficient (Wildman–Crippen LogP) is 1.87. The molecule has 0 radical (unpaired) electrons. The number of anilines is 1. The van der Waals surface area contributed by atoms with E-state index in [9.17, 15) is 4.79 Å². The largest absolute Gasteiger partial charge is 0.464 e. The number of hydrogen-bond acceptors (Lipinski definition) is 6. The lowest BCUT2D eigenvalue weighted by molar-refractivity contribution is 0.0763. The molecule has 0 bridgehead atoms. The van der Waals surface area contributed by atoms with E-state index in [1.54, 1.807) is 12.3 Å². The third-order valence-electron chi connectivity index (χ3n) is 4.68. The molecule has 0 unspecified atom stereocenters. The average Bonchev–Trinajstić information content (AvgIpc) is 3.03. The molecule has 1 amide bonds. The summed E-state index contributed by atoms with van der Waals surface area (Å²) in [6.45, 7) is 1.71. The molecule has 134 valence electrons. The number of aliphatic hydroxyl groups is 1. The third-order valence-corrected chi connectivity index (χ3v) is 4.68. The van der Waals surface area contributed by atoms with E-state index in [0.29, 0.717) is 38.0 Å². The lowest BCUT2D eigenvalue weighted by atomic mass is 10.1. The van der Waals surface area contributed by atoms with E-state index in [-0.39, 0.29) is 12.5 Å². The summed E-state index contributed by atoms with van der Waals surface area (Å²) in [5.74, 6) is 0.761. The first-order valence-corrected chi connectivity index (χ1v) is 8.70. The predicted molar refractivity (Wildman–Crippen MR) is 97.1 cm³/mol. The van der Waals surface area contributed by atoms with Crippen molar-refractivity contribution in [2.45, 2.75) is 12.8 Å². The van der Waals surface area contributed by atoms with Crippen molar-refractivity contribution in [2.75, 3.05) is 31.6 Å². The number of hydrogen-bond donors (Lipinski definition) is 2. The number of nitrogens with zero attached hydrogens (tertiary/aromatic N) is 3. The van der Waals surface area contributed by atoms with Crippen molar-refractivity contribution in [3.8, 4) is 0 Å². The molecule has 0 saturated carbocycles. The normalized spacial score (nSPS) is 14.1. The first-order chi connectivity index (χ1) is 12.8. The highest BCUT2D eigenvalue weighted by molar-refractivity contribution is 5.97. The van der Waals surface area contributed by atoms with Crippen molar-refractivity contribution in [1.82, 2.24) is 14.9 Å². The molecule has 0 spiro atoms. The fourth-order valence-corrected chi connectivity index (χ4v) is 3.34. The first kappa shape index (κ1) is 16.5. The summed E-state index contributed by atoms with van der Waals surface area (Å²) in [7, 11) is 0.